The lowest BCUT2D eigenvalue weighted by Gasteiger charge is -2.40. The van der Waals surface area contributed by atoms with Crippen molar-refractivity contribution in [3.63, 3.8) is 0 Å². The minimum Gasteiger partial charge on any atom is -0.459 e. The summed E-state index contributed by atoms with van der Waals surface area (Å²) in [7, 11) is 0. The summed E-state index contributed by atoms with van der Waals surface area (Å²) < 4.78 is 5.12. The van der Waals surface area contributed by atoms with E-state index < -0.39 is 5.60 Å². The van der Waals surface area contributed by atoms with Gasteiger partial charge in [-0.1, -0.05) is 19.3 Å². The maximum Gasteiger partial charge on any atom is 0.287 e. The number of hydrogen-bond acceptors (Lipinski definition) is 4. The predicted molar refractivity (Wildman–Crippen MR) is 83.7 cm³/mol. The lowest BCUT2D eigenvalue weighted by atomic mass is 9.84. The summed E-state index contributed by atoms with van der Waals surface area (Å²) in [6, 6.07) is 3.61. The number of nitrogens with one attached hydrogen (secondary N) is 1. The first-order chi connectivity index (χ1) is 10.6. The molecule has 0 radical (unpaired) electrons. The Morgan fingerprint density at radius 3 is 2.68 bits per heavy atom. The van der Waals surface area contributed by atoms with Gasteiger partial charge in [0.25, 0.3) is 5.91 Å². The first kappa shape index (κ1) is 15.6. The zero-order valence-electron chi connectivity index (χ0n) is 13.1. The second kappa shape index (κ2) is 6.84. The van der Waals surface area contributed by atoms with Gasteiger partial charge in [0, 0.05) is 25.7 Å². The number of furan rings is 1. The van der Waals surface area contributed by atoms with E-state index in [1.165, 1.54) is 12.7 Å². The SMILES string of the molecule is O=C(NC1CCN(CC2(O)CCCCC2)CC1)c1ccco1. The Morgan fingerprint density at radius 2 is 2.05 bits per heavy atom. The van der Waals surface area contributed by atoms with Crippen LogP contribution in [0.1, 0.15) is 55.5 Å². The number of aliphatic hydroxyl groups is 1. The average Bonchev–Trinajstić information content (AvgIpc) is 3.04. The largest absolute Gasteiger partial charge is 0.459 e. The number of likely N-dealkylation sites (tertiary alicyclic amines) is 1. The fourth-order valence-corrected chi connectivity index (χ4v) is 3.68. The second-order valence-electron chi connectivity index (χ2n) is 6.79. The van der Waals surface area contributed by atoms with Crippen LogP contribution in [0.2, 0.25) is 0 Å². The van der Waals surface area contributed by atoms with Gasteiger partial charge in [0.1, 0.15) is 0 Å². The van der Waals surface area contributed by atoms with Gasteiger partial charge in [-0.15, -0.1) is 0 Å². The van der Waals surface area contributed by atoms with Gasteiger partial charge < -0.3 is 19.7 Å². The molecule has 1 aromatic heterocycles. The third kappa shape index (κ3) is 3.90. The van der Waals surface area contributed by atoms with Crippen LogP contribution in [0.5, 0.6) is 0 Å². The van der Waals surface area contributed by atoms with E-state index in [1.54, 1.807) is 12.1 Å². The Labute approximate surface area is 131 Å². The van der Waals surface area contributed by atoms with Crippen LogP contribution >= 0.6 is 0 Å². The Hall–Kier alpha value is -1.33. The maximum atomic E-state index is 12.0. The molecule has 0 spiro atoms. The van der Waals surface area contributed by atoms with Crippen molar-refractivity contribution in [2.75, 3.05) is 19.6 Å². The van der Waals surface area contributed by atoms with Gasteiger partial charge in [-0.2, -0.15) is 0 Å². The van der Waals surface area contributed by atoms with Gasteiger partial charge in [-0.05, 0) is 37.8 Å². The fraction of sp³-hybridized carbons (Fsp3) is 0.706. The minimum atomic E-state index is -0.484. The van der Waals surface area contributed by atoms with E-state index >= 15 is 0 Å². The summed E-state index contributed by atoms with van der Waals surface area (Å²) in [5.74, 6) is 0.244. The molecule has 3 rings (SSSR count). The van der Waals surface area contributed by atoms with E-state index in [0.29, 0.717) is 5.76 Å². The number of piperidine rings is 1. The first-order valence-corrected chi connectivity index (χ1v) is 8.44. The quantitative estimate of drug-likeness (QED) is 0.895. The van der Waals surface area contributed by atoms with Crippen molar-refractivity contribution < 1.29 is 14.3 Å². The summed E-state index contributed by atoms with van der Waals surface area (Å²) >= 11 is 0. The third-order valence-corrected chi connectivity index (χ3v) is 4.97. The molecule has 122 valence electrons. The number of carbonyl (C=O) groups is 1. The molecule has 1 amide bonds. The van der Waals surface area contributed by atoms with Crippen LogP contribution in [0.4, 0.5) is 0 Å². The zero-order chi connectivity index (χ0) is 15.4. The molecular formula is C17H26N2O3. The van der Waals surface area contributed by atoms with Gasteiger partial charge in [-0.25, -0.2) is 0 Å². The van der Waals surface area contributed by atoms with E-state index in [9.17, 15) is 9.90 Å². The molecule has 2 aliphatic rings. The Kier molecular flexibility index (Phi) is 4.84. The van der Waals surface area contributed by atoms with Gasteiger partial charge in [0.15, 0.2) is 5.76 Å². The normalized spacial score (nSPS) is 23.3. The highest BCUT2D eigenvalue weighted by molar-refractivity contribution is 5.91. The van der Waals surface area contributed by atoms with Crippen LogP contribution < -0.4 is 5.32 Å². The van der Waals surface area contributed by atoms with Gasteiger partial charge >= 0.3 is 0 Å². The van der Waals surface area contributed by atoms with Crippen molar-refractivity contribution in [3.05, 3.63) is 24.2 Å². The molecule has 1 saturated carbocycles. The van der Waals surface area contributed by atoms with E-state index in [0.717, 1.165) is 58.2 Å². The molecule has 5 nitrogen and oxygen atoms in total. The molecule has 1 aliphatic heterocycles. The molecule has 22 heavy (non-hydrogen) atoms. The molecule has 0 unspecified atom stereocenters. The molecule has 1 saturated heterocycles. The molecule has 0 bridgehead atoms. The summed E-state index contributed by atoms with van der Waals surface area (Å²) in [4.78, 5) is 14.3. The van der Waals surface area contributed by atoms with Crippen LogP contribution in [0.3, 0.4) is 0 Å². The van der Waals surface area contributed by atoms with Crippen LogP contribution in [0.15, 0.2) is 22.8 Å². The molecule has 2 fully saturated rings. The second-order valence-corrected chi connectivity index (χ2v) is 6.79. The smallest absolute Gasteiger partial charge is 0.287 e. The lowest BCUT2D eigenvalue weighted by molar-refractivity contribution is -0.0312. The summed E-state index contributed by atoms with van der Waals surface area (Å²) in [6.07, 6.45) is 8.79. The standard InChI is InChI=1S/C17H26N2O3/c20-16(15-5-4-12-22-15)18-14-6-10-19(11-7-14)13-17(21)8-2-1-3-9-17/h4-5,12,14,21H,1-3,6-11,13H2,(H,18,20). The van der Waals surface area contributed by atoms with Gasteiger partial charge in [0.05, 0.1) is 11.9 Å². The molecule has 0 aromatic carbocycles. The highest BCUT2D eigenvalue weighted by Gasteiger charge is 2.32. The maximum absolute atomic E-state index is 12.0. The lowest BCUT2D eigenvalue weighted by Crippen LogP contribution is -2.50. The van der Waals surface area contributed by atoms with Crippen LogP contribution in [0, 0.1) is 0 Å². The topological polar surface area (TPSA) is 65.7 Å². The zero-order valence-corrected chi connectivity index (χ0v) is 13.1. The Bertz CT molecular complexity index is 472. The molecule has 0 atom stereocenters. The minimum absolute atomic E-state index is 0.130. The van der Waals surface area contributed by atoms with Crippen LogP contribution in [0.25, 0.3) is 0 Å². The number of β-amino-alcohol motifs (C(OH)–C–C–N with tert-alkyl or cyclic N) is 1. The van der Waals surface area contributed by atoms with E-state index in [2.05, 4.69) is 10.2 Å². The number of rotatable bonds is 4. The summed E-state index contributed by atoms with van der Waals surface area (Å²) in [6.45, 7) is 2.66. The molecule has 1 aliphatic carbocycles. The summed E-state index contributed by atoms with van der Waals surface area (Å²) in [5, 5.41) is 13.7. The number of hydrogen-bond donors (Lipinski definition) is 2. The Morgan fingerprint density at radius 1 is 1.32 bits per heavy atom. The molecular weight excluding hydrogens is 280 g/mol. The summed E-state index contributed by atoms with van der Waals surface area (Å²) in [5.41, 5.74) is -0.484. The molecule has 2 N–H and O–H groups in total. The number of amides is 1. The highest BCUT2D eigenvalue weighted by atomic mass is 16.3. The number of carbonyl (C=O) groups excluding carboxylic acids is 1. The van der Waals surface area contributed by atoms with Crippen LogP contribution in [-0.2, 0) is 0 Å². The van der Waals surface area contributed by atoms with Gasteiger partial charge in [0.2, 0.25) is 0 Å². The van der Waals surface area contributed by atoms with Crippen molar-refractivity contribution in [1.82, 2.24) is 10.2 Å². The van der Waals surface area contributed by atoms with Crippen molar-refractivity contribution in [2.24, 2.45) is 0 Å². The van der Waals surface area contributed by atoms with Crippen molar-refractivity contribution in [1.29, 1.82) is 0 Å². The Balaban J connectivity index is 1.43. The number of nitrogens with zero attached hydrogens (tertiary/aromatic N) is 1. The van der Waals surface area contributed by atoms with Crippen LogP contribution in [-0.4, -0.2) is 47.2 Å². The fourth-order valence-electron chi connectivity index (χ4n) is 3.68. The monoisotopic (exact) mass is 306 g/mol. The van der Waals surface area contributed by atoms with Crippen molar-refractivity contribution in [2.45, 2.75) is 56.6 Å². The third-order valence-electron chi connectivity index (χ3n) is 4.97. The van der Waals surface area contributed by atoms with Gasteiger partial charge in [-0.3, -0.25) is 4.79 Å². The van der Waals surface area contributed by atoms with E-state index in [4.69, 9.17) is 4.42 Å². The molecule has 1 aromatic rings. The highest BCUT2D eigenvalue weighted by Crippen LogP contribution is 2.29. The average molecular weight is 306 g/mol. The molecule has 2 heterocycles. The molecule has 5 heteroatoms. The van der Waals surface area contributed by atoms with Crippen molar-refractivity contribution >= 4 is 5.91 Å². The first-order valence-electron chi connectivity index (χ1n) is 8.44. The van der Waals surface area contributed by atoms with E-state index in [-0.39, 0.29) is 11.9 Å². The van der Waals surface area contributed by atoms with E-state index in [1.807, 2.05) is 0 Å². The predicted octanol–water partition coefficient (Wildman–Crippen LogP) is 2.17. The van der Waals surface area contributed by atoms with Crippen molar-refractivity contribution in [3.8, 4) is 0 Å².